The molecule has 0 unspecified atom stereocenters. The van der Waals surface area contributed by atoms with Crippen molar-refractivity contribution in [2.24, 2.45) is 5.73 Å². The van der Waals surface area contributed by atoms with Gasteiger partial charge < -0.3 is 21.7 Å². The fraction of sp³-hybridized carbons (Fsp3) is 0.348. The zero-order chi connectivity index (χ0) is 21.6. The van der Waals surface area contributed by atoms with E-state index in [1.165, 1.54) is 5.56 Å². The minimum Gasteiger partial charge on any atom is -0.351 e. The number of nitrogens with zero attached hydrogens (tertiary/aromatic N) is 1. The number of nitrogens with one attached hydrogen (secondary N) is 3. The van der Waals surface area contributed by atoms with Crippen LogP contribution in [0.15, 0.2) is 54.6 Å². The normalized spacial score (nSPS) is 19.3. The van der Waals surface area contributed by atoms with Crippen LogP contribution in [0.5, 0.6) is 0 Å². The fourth-order valence-electron chi connectivity index (χ4n) is 3.86. The van der Waals surface area contributed by atoms with Crippen LogP contribution in [-0.4, -0.2) is 42.0 Å². The lowest BCUT2D eigenvalue weighted by Crippen LogP contribution is -2.42. The molecule has 0 bridgehead atoms. The third-order valence-electron chi connectivity index (χ3n) is 5.49. The van der Waals surface area contributed by atoms with E-state index in [0.717, 1.165) is 28.1 Å². The molecule has 2 aromatic carbocycles. The van der Waals surface area contributed by atoms with Crippen molar-refractivity contribution in [1.82, 2.24) is 20.9 Å². The average Bonchev–Trinajstić information content (AvgIpc) is 3.44. The van der Waals surface area contributed by atoms with E-state index in [4.69, 9.17) is 10.7 Å². The highest BCUT2D eigenvalue weighted by Gasteiger charge is 2.31. The Hall–Kier alpha value is -2.81. The molecule has 1 saturated heterocycles. The lowest BCUT2D eigenvalue weighted by atomic mass is 10.0. The van der Waals surface area contributed by atoms with Crippen LogP contribution in [0.25, 0.3) is 10.2 Å². The standard InChI is InChI=1S/C23H27N5O2S/c24-13-21(29)26-16-12-19(25-14-16)22(30)27-18(11-10-15-6-2-1-3-7-15)23-28-17-8-4-5-9-20(17)31-23/h1-9,16,18-19,25H,10-14,24H2,(H,26,29)(H,27,30)/t16-,18-,19+/m1/s1. The van der Waals surface area contributed by atoms with Crippen LogP contribution in [0.3, 0.4) is 0 Å². The second kappa shape index (κ2) is 10.00. The Morgan fingerprint density at radius 3 is 2.71 bits per heavy atom. The Labute approximate surface area is 185 Å². The fourth-order valence-corrected chi connectivity index (χ4v) is 4.91. The number of para-hydroxylation sites is 1. The van der Waals surface area contributed by atoms with E-state index in [9.17, 15) is 9.59 Å². The molecular weight excluding hydrogens is 410 g/mol. The molecule has 7 nitrogen and oxygen atoms in total. The summed E-state index contributed by atoms with van der Waals surface area (Å²) < 4.78 is 1.11. The molecule has 162 valence electrons. The summed E-state index contributed by atoms with van der Waals surface area (Å²) in [6, 6.07) is 17.7. The first kappa shape index (κ1) is 21.4. The zero-order valence-corrected chi connectivity index (χ0v) is 18.0. The summed E-state index contributed by atoms with van der Waals surface area (Å²) in [4.78, 5) is 29.3. The third kappa shape index (κ3) is 5.46. The number of benzene rings is 2. The largest absolute Gasteiger partial charge is 0.351 e. The maximum atomic E-state index is 13.0. The molecule has 0 radical (unpaired) electrons. The Morgan fingerprint density at radius 2 is 1.94 bits per heavy atom. The van der Waals surface area contributed by atoms with Gasteiger partial charge in [-0.25, -0.2) is 4.98 Å². The minimum atomic E-state index is -0.350. The first-order valence-electron chi connectivity index (χ1n) is 10.5. The number of thiazole rings is 1. The molecule has 1 aromatic heterocycles. The van der Waals surface area contributed by atoms with Gasteiger partial charge in [0.05, 0.1) is 28.8 Å². The van der Waals surface area contributed by atoms with Crippen LogP contribution < -0.4 is 21.7 Å². The maximum Gasteiger partial charge on any atom is 0.237 e. The third-order valence-corrected chi connectivity index (χ3v) is 6.64. The molecule has 0 saturated carbocycles. The van der Waals surface area contributed by atoms with Gasteiger partial charge in [-0.3, -0.25) is 9.59 Å². The molecule has 8 heteroatoms. The van der Waals surface area contributed by atoms with Gasteiger partial charge in [-0.15, -0.1) is 11.3 Å². The second-order valence-corrected chi connectivity index (χ2v) is 8.83. The Kier molecular flexibility index (Phi) is 6.91. The smallest absolute Gasteiger partial charge is 0.237 e. The van der Waals surface area contributed by atoms with E-state index in [1.54, 1.807) is 11.3 Å². The Morgan fingerprint density at radius 1 is 1.16 bits per heavy atom. The summed E-state index contributed by atoms with van der Waals surface area (Å²) in [7, 11) is 0. The van der Waals surface area contributed by atoms with Crippen molar-refractivity contribution in [3.63, 3.8) is 0 Å². The number of rotatable bonds is 8. The second-order valence-electron chi connectivity index (χ2n) is 7.77. The van der Waals surface area contributed by atoms with Gasteiger partial charge in [0.25, 0.3) is 0 Å². The molecule has 2 heterocycles. The van der Waals surface area contributed by atoms with E-state index in [0.29, 0.717) is 13.0 Å². The summed E-state index contributed by atoms with van der Waals surface area (Å²) in [6.07, 6.45) is 2.15. The highest BCUT2D eigenvalue weighted by atomic mass is 32.1. The van der Waals surface area contributed by atoms with Gasteiger partial charge in [-0.2, -0.15) is 0 Å². The molecule has 3 aromatic rings. The van der Waals surface area contributed by atoms with Crippen LogP contribution in [0.1, 0.15) is 29.5 Å². The molecule has 5 N–H and O–H groups in total. The van der Waals surface area contributed by atoms with Crippen molar-refractivity contribution in [1.29, 1.82) is 0 Å². The number of hydrogen-bond donors (Lipinski definition) is 4. The molecule has 31 heavy (non-hydrogen) atoms. The zero-order valence-electron chi connectivity index (χ0n) is 17.2. The van der Waals surface area contributed by atoms with Crippen LogP contribution in [0.2, 0.25) is 0 Å². The summed E-state index contributed by atoms with van der Waals surface area (Å²) in [6.45, 7) is 0.506. The predicted molar refractivity (Wildman–Crippen MR) is 123 cm³/mol. The lowest BCUT2D eigenvalue weighted by Gasteiger charge is -2.19. The molecule has 1 aliphatic heterocycles. The number of aryl methyl sites for hydroxylation is 1. The van der Waals surface area contributed by atoms with Crippen molar-refractivity contribution in [3.8, 4) is 0 Å². The number of nitrogens with two attached hydrogens (primary N) is 1. The van der Waals surface area contributed by atoms with Gasteiger partial charge >= 0.3 is 0 Å². The van der Waals surface area contributed by atoms with Crippen LogP contribution in [-0.2, 0) is 16.0 Å². The topological polar surface area (TPSA) is 109 Å². The van der Waals surface area contributed by atoms with E-state index in [-0.39, 0.29) is 36.5 Å². The van der Waals surface area contributed by atoms with Crippen LogP contribution in [0.4, 0.5) is 0 Å². The van der Waals surface area contributed by atoms with Crippen molar-refractivity contribution in [2.45, 2.75) is 37.4 Å². The Balaban J connectivity index is 1.46. The van der Waals surface area contributed by atoms with Crippen molar-refractivity contribution < 1.29 is 9.59 Å². The molecule has 0 aliphatic carbocycles. The molecule has 4 rings (SSSR count). The molecular formula is C23H27N5O2S. The van der Waals surface area contributed by atoms with Gasteiger partial charge in [0.2, 0.25) is 11.8 Å². The van der Waals surface area contributed by atoms with Gasteiger partial charge in [-0.05, 0) is 37.0 Å². The van der Waals surface area contributed by atoms with Crippen LogP contribution in [0, 0.1) is 0 Å². The number of fused-ring (bicyclic) bond motifs is 1. The maximum absolute atomic E-state index is 13.0. The van der Waals surface area contributed by atoms with Crippen LogP contribution >= 0.6 is 11.3 Å². The monoisotopic (exact) mass is 437 g/mol. The number of carbonyl (C=O) groups excluding carboxylic acids is 2. The summed E-state index contributed by atoms with van der Waals surface area (Å²) in [5.74, 6) is -0.273. The summed E-state index contributed by atoms with van der Waals surface area (Å²) in [5.41, 5.74) is 7.55. The highest BCUT2D eigenvalue weighted by molar-refractivity contribution is 7.18. The Bertz CT molecular complexity index is 1010. The van der Waals surface area contributed by atoms with E-state index in [2.05, 4.69) is 34.1 Å². The molecule has 1 aliphatic rings. The van der Waals surface area contributed by atoms with Crippen molar-refractivity contribution in [2.75, 3.05) is 13.1 Å². The van der Waals surface area contributed by atoms with Gasteiger partial charge in [0.15, 0.2) is 0 Å². The molecule has 3 atom stereocenters. The van der Waals surface area contributed by atoms with E-state index >= 15 is 0 Å². The highest BCUT2D eigenvalue weighted by Crippen LogP contribution is 2.29. The van der Waals surface area contributed by atoms with Gasteiger partial charge in [0, 0.05) is 12.6 Å². The summed E-state index contributed by atoms with van der Waals surface area (Å²) >= 11 is 1.62. The minimum absolute atomic E-state index is 0.0491. The first-order chi connectivity index (χ1) is 15.1. The van der Waals surface area contributed by atoms with Crippen molar-refractivity contribution >= 4 is 33.4 Å². The van der Waals surface area contributed by atoms with Crippen molar-refractivity contribution in [3.05, 3.63) is 65.2 Å². The number of carbonyl (C=O) groups is 2. The lowest BCUT2D eigenvalue weighted by molar-refractivity contribution is -0.124. The van der Waals surface area contributed by atoms with Gasteiger partial charge in [0.1, 0.15) is 5.01 Å². The van der Waals surface area contributed by atoms with Gasteiger partial charge in [-0.1, -0.05) is 42.5 Å². The SMILES string of the molecule is NCC(=O)N[C@H]1CN[C@H](C(=O)N[C@H](CCc2ccccc2)c2nc3ccccc3s2)C1. The molecule has 1 fully saturated rings. The molecule has 2 amide bonds. The average molecular weight is 438 g/mol. The number of aromatic nitrogens is 1. The van der Waals surface area contributed by atoms with E-state index < -0.39 is 0 Å². The summed E-state index contributed by atoms with van der Waals surface area (Å²) in [5, 5.41) is 10.2. The number of hydrogen-bond acceptors (Lipinski definition) is 6. The number of amides is 2. The quantitative estimate of drug-likeness (QED) is 0.430. The predicted octanol–water partition coefficient (Wildman–Crippen LogP) is 1.89. The first-order valence-corrected chi connectivity index (χ1v) is 11.4. The molecule has 0 spiro atoms. The van der Waals surface area contributed by atoms with E-state index in [1.807, 2.05) is 36.4 Å².